The van der Waals surface area contributed by atoms with Gasteiger partial charge >= 0.3 is 6.03 Å². The molecular formula is C20H16Cl2FN3O3. The summed E-state index contributed by atoms with van der Waals surface area (Å²) in [5.74, 6) is -0.496. The van der Waals surface area contributed by atoms with Crippen molar-refractivity contribution in [3.05, 3.63) is 74.9 Å². The third kappa shape index (κ3) is 5.07. The van der Waals surface area contributed by atoms with E-state index in [1.807, 2.05) is 0 Å². The number of aromatic nitrogens is 1. The zero-order valence-corrected chi connectivity index (χ0v) is 16.7. The van der Waals surface area contributed by atoms with Crippen molar-refractivity contribution in [3.63, 3.8) is 0 Å². The van der Waals surface area contributed by atoms with Gasteiger partial charge in [0.2, 0.25) is 0 Å². The van der Waals surface area contributed by atoms with Gasteiger partial charge in [-0.1, -0.05) is 29.3 Å². The molecule has 1 aromatic heterocycles. The van der Waals surface area contributed by atoms with Crippen LogP contribution >= 0.6 is 23.2 Å². The number of carbonyl (C=O) groups is 1. The molecule has 0 spiro atoms. The van der Waals surface area contributed by atoms with Crippen LogP contribution in [0.25, 0.3) is 11.1 Å². The lowest BCUT2D eigenvalue weighted by Crippen LogP contribution is -2.20. The Labute approximate surface area is 175 Å². The van der Waals surface area contributed by atoms with Gasteiger partial charge in [0, 0.05) is 17.4 Å². The molecule has 0 bridgehead atoms. The van der Waals surface area contributed by atoms with E-state index in [1.54, 1.807) is 19.1 Å². The number of H-pyrrole nitrogens is 1. The lowest BCUT2D eigenvalue weighted by Gasteiger charge is -2.11. The summed E-state index contributed by atoms with van der Waals surface area (Å²) in [7, 11) is 0. The molecule has 3 rings (SSSR count). The summed E-state index contributed by atoms with van der Waals surface area (Å²) in [5.41, 5.74) is 1.11. The second-order valence-corrected chi connectivity index (χ2v) is 6.73. The Kier molecular flexibility index (Phi) is 6.41. The molecule has 2 amide bonds. The summed E-state index contributed by atoms with van der Waals surface area (Å²) < 4.78 is 19.8. The van der Waals surface area contributed by atoms with E-state index in [0.717, 1.165) is 0 Å². The molecule has 0 aliphatic carbocycles. The zero-order valence-electron chi connectivity index (χ0n) is 15.2. The van der Waals surface area contributed by atoms with Gasteiger partial charge in [0.15, 0.2) is 5.75 Å². The molecule has 6 nitrogen and oxygen atoms in total. The predicted molar refractivity (Wildman–Crippen MR) is 113 cm³/mol. The fourth-order valence-corrected chi connectivity index (χ4v) is 2.84. The first-order valence-corrected chi connectivity index (χ1v) is 9.31. The lowest BCUT2D eigenvalue weighted by molar-refractivity contribution is 0.262. The molecule has 3 N–H and O–H groups in total. The van der Waals surface area contributed by atoms with Gasteiger partial charge in [-0.05, 0) is 48.9 Å². The van der Waals surface area contributed by atoms with Crippen molar-refractivity contribution in [3.8, 4) is 16.9 Å². The van der Waals surface area contributed by atoms with E-state index in [2.05, 4.69) is 15.6 Å². The quantitative estimate of drug-likeness (QED) is 0.492. The molecule has 29 heavy (non-hydrogen) atoms. The van der Waals surface area contributed by atoms with Crippen LogP contribution in [0.2, 0.25) is 10.0 Å². The minimum absolute atomic E-state index is 0.0132. The van der Waals surface area contributed by atoms with Crippen molar-refractivity contribution in [2.75, 3.05) is 17.2 Å². The van der Waals surface area contributed by atoms with Crippen LogP contribution in [0.5, 0.6) is 5.75 Å². The number of carbonyl (C=O) groups excluding carboxylic acids is 1. The number of hydrogen-bond donors (Lipinski definition) is 3. The van der Waals surface area contributed by atoms with Crippen LogP contribution in [0, 0.1) is 5.82 Å². The highest BCUT2D eigenvalue weighted by Crippen LogP contribution is 2.27. The molecule has 1 heterocycles. The maximum absolute atomic E-state index is 14.5. The van der Waals surface area contributed by atoms with Crippen molar-refractivity contribution >= 4 is 40.6 Å². The number of rotatable bonds is 5. The van der Waals surface area contributed by atoms with Gasteiger partial charge in [0.25, 0.3) is 5.56 Å². The number of benzene rings is 2. The minimum Gasteiger partial charge on any atom is -0.488 e. The highest BCUT2D eigenvalue weighted by atomic mass is 35.5. The highest BCUT2D eigenvalue weighted by Gasteiger charge is 2.11. The van der Waals surface area contributed by atoms with E-state index in [1.165, 1.54) is 36.5 Å². The van der Waals surface area contributed by atoms with Crippen LogP contribution in [-0.2, 0) is 0 Å². The first kappa shape index (κ1) is 20.7. The largest absolute Gasteiger partial charge is 0.488 e. The van der Waals surface area contributed by atoms with Gasteiger partial charge in [-0.15, -0.1) is 0 Å². The SMILES string of the molecule is CCOc1cc(-c2ccc(NC(=O)Nc3ccc(Cl)c(Cl)c3)c(F)c2)c[nH]c1=O. The van der Waals surface area contributed by atoms with Crippen LogP contribution in [0.4, 0.5) is 20.6 Å². The number of pyridine rings is 1. The normalized spacial score (nSPS) is 10.5. The van der Waals surface area contributed by atoms with Crippen LogP contribution in [0.1, 0.15) is 6.92 Å². The number of nitrogens with one attached hydrogen (secondary N) is 3. The van der Waals surface area contributed by atoms with Crippen LogP contribution in [0.15, 0.2) is 53.5 Å². The third-order valence-corrected chi connectivity index (χ3v) is 4.64. The fourth-order valence-electron chi connectivity index (χ4n) is 2.55. The summed E-state index contributed by atoms with van der Waals surface area (Å²) in [6.07, 6.45) is 1.46. The molecule has 0 atom stereocenters. The maximum Gasteiger partial charge on any atom is 0.323 e. The number of ether oxygens (including phenoxy) is 1. The lowest BCUT2D eigenvalue weighted by atomic mass is 10.1. The van der Waals surface area contributed by atoms with Crippen LogP contribution in [-0.4, -0.2) is 17.6 Å². The fraction of sp³-hybridized carbons (Fsp3) is 0.100. The van der Waals surface area contributed by atoms with E-state index in [-0.39, 0.29) is 22.0 Å². The molecule has 3 aromatic rings. The van der Waals surface area contributed by atoms with Gasteiger partial charge < -0.3 is 20.4 Å². The second kappa shape index (κ2) is 8.98. The monoisotopic (exact) mass is 435 g/mol. The first-order valence-electron chi connectivity index (χ1n) is 8.56. The Morgan fingerprint density at radius 1 is 1.07 bits per heavy atom. The molecule has 0 aliphatic rings. The van der Waals surface area contributed by atoms with Gasteiger partial charge in [-0.3, -0.25) is 4.79 Å². The standard InChI is InChI=1S/C20H16Cl2FN3O3/c1-2-29-18-8-12(10-24-19(18)27)11-3-6-17(16(23)7-11)26-20(28)25-13-4-5-14(21)15(22)9-13/h3-10H,2H2,1H3,(H,24,27)(H2,25,26,28). The maximum atomic E-state index is 14.5. The summed E-state index contributed by atoms with van der Waals surface area (Å²) in [6.45, 7) is 2.09. The molecule has 0 aliphatic heterocycles. The Bertz CT molecular complexity index is 1120. The number of aromatic amines is 1. The first-order chi connectivity index (χ1) is 13.9. The van der Waals surface area contributed by atoms with Crippen molar-refractivity contribution < 1.29 is 13.9 Å². The highest BCUT2D eigenvalue weighted by molar-refractivity contribution is 6.42. The minimum atomic E-state index is -0.643. The Balaban J connectivity index is 1.75. The number of halogens is 3. The molecular weight excluding hydrogens is 420 g/mol. The Hall–Kier alpha value is -3.03. The van der Waals surface area contributed by atoms with Gasteiger partial charge in [0.05, 0.1) is 22.3 Å². The van der Waals surface area contributed by atoms with Crippen LogP contribution < -0.4 is 20.9 Å². The Morgan fingerprint density at radius 3 is 2.55 bits per heavy atom. The van der Waals surface area contributed by atoms with Gasteiger partial charge in [-0.25, -0.2) is 9.18 Å². The second-order valence-electron chi connectivity index (χ2n) is 5.92. The average molecular weight is 436 g/mol. The van der Waals surface area contributed by atoms with Crippen molar-refractivity contribution in [2.45, 2.75) is 6.92 Å². The Morgan fingerprint density at radius 2 is 1.86 bits per heavy atom. The molecule has 9 heteroatoms. The van der Waals surface area contributed by atoms with E-state index < -0.39 is 11.8 Å². The van der Waals surface area contributed by atoms with Crippen molar-refractivity contribution in [1.82, 2.24) is 4.98 Å². The number of hydrogen-bond acceptors (Lipinski definition) is 3. The number of anilines is 2. The number of amides is 2. The summed E-state index contributed by atoms with van der Waals surface area (Å²) in [6, 6.07) is 9.76. The van der Waals surface area contributed by atoms with E-state index in [4.69, 9.17) is 27.9 Å². The zero-order chi connectivity index (χ0) is 21.0. The molecule has 150 valence electrons. The van der Waals surface area contributed by atoms with Crippen LogP contribution in [0.3, 0.4) is 0 Å². The smallest absolute Gasteiger partial charge is 0.323 e. The average Bonchev–Trinajstić information content (AvgIpc) is 2.68. The van der Waals surface area contributed by atoms with E-state index in [9.17, 15) is 14.0 Å². The topological polar surface area (TPSA) is 83.2 Å². The summed E-state index contributed by atoms with van der Waals surface area (Å²) >= 11 is 11.7. The molecule has 2 aromatic carbocycles. The molecule has 0 unspecified atom stereocenters. The predicted octanol–water partition coefficient (Wildman–Crippen LogP) is 5.53. The van der Waals surface area contributed by atoms with Crippen molar-refractivity contribution in [2.24, 2.45) is 0 Å². The van der Waals surface area contributed by atoms with E-state index in [0.29, 0.717) is 28.4 Å². The third-order valence-electron chi connectivity index (χ3n) is 3.90. The number of urea groups is 1. The summed E-state index contributed by atoms with van der Waals surface area (Å²) in [5, 5.41) is 5.61. The van der Waals surface area contributed by atoms with Gasteiger partial charge in [-0.2, -0.15) is 0 Å². The molecule has 0 saturated carbocycles. The molecule has 0 saturated heterocycles. The summed E-state index contributed by atoms with van der Waals surface area (Å²) in [4.78, 5) is 26.4. The molecule has 0 fully saturated rings. The van der Waals surface area contributed by atoms with E-state index >= 15 is 0 Å². The molecule has 0 radical (unpaired) electrons. The van der Waals surface area contributed by atoms with Gasteiger partial charge in [0.1, 0.15) is 5.82 Å². The van der Waals surface area contributed by atoms with Crippen molar-refractivity contribution in [1.29, 1.82) is 0 Å².